The summed E-state index contributed by atoms with van der Waals surface area (Å²) in [6.07, 6.45) is 4.09. The van der Waals surface area contributed by atoms with Gasteiger partial charge in [0.2, 0.25) is 0 Å². The van der Waals surface area contributed by atoms with Gasteiger partial charge in [0, 0.05) is 4.88 Å². The molecule has 1 aliphatic carbocycles. The van der Waals surface area contributed by atoms with Crippen LogP contribution in [0.5, 0.6) is 0 Å². The first kappa shape index (κ1) is 13.1. The lowest BCUT2D eigenvalue weighted by Crippen LogP contribution is -2.33. The third kappa shape index (κ3) is 2.92. The maximum absolute atomic E-state index is 3.38. The van der Waals surface area contributed by atoms with Gasteiger partial charge in [0.15, 0.2) is 0 Å². The lowest BCUT2D eigenvalue weighted by molar-refractivity contribution is 0.161. The summed E-state index contributed by atoms with van der Waals surface area (Å²) in [5, 5.41) is 5.63. The Bertz CT molecular complexity index is 367. The topological polar surface area (TPSA) is 12.0 Å². The van der Waals surface area contributed by atoms with Crippen LogP contribution >= 0.6 is 11.3 Å². The van der Waals surface area contributed by atoms with Crippen molar-refractivity contribution in [3.05, 3.63) is 21.9 Å². The molecule has 2 heteroatoms. The second kappa shape index (κ2) is 5.11. The Morgan fingerprint density at radius 1 is 1.47 bits per heavy atom. The van der Waals surface area contributed by atoms with Gasteiger partial charge in [-0.25, -0.2) is 0 Å². The van der Waals surface area contributed by atoms with E-state index in [2.05, 4.69) is 44.6 Å². The molecular weight excluding hydrogens is 226 g/mol. The highest BCUT2D eigenvalue weighted by atomic mass is 32.1. The van der Waals surface area contributed by atoms with E-state index in [-0.39, 0.29) is 0 Å². The number of hydrogen-bond donors (Lipinski definition) is 1. The summed E-state index contributed by atoms with van der Waals surface area (Å²) < 4.78 is 0. The number of nitrogens with one attached hydrogen (secondary N) is 1. The standard InChI is InChI=1S/C15H25NS/c1-11-13(6-8-17-11)14-9-15(2,3)7-5-12(14)10-16-4/h6,8,12,14,16H,5,7,9-10H2,1-4H3. The van der Waals surface area contributed by atoms with Crippen LogP contribution in [-0.2, 0) is 0 Å². The molecule has 96 valence electrons. The third-order valence-corrected chi connectivity index (χ3v) is 5.16. The number of rotatable bonds is 3. The maximum atomic E-state index is 3.38. The minimum Gasteiger partial charge on any atom is -0.319 e. The molecule has 0 amide bonds. The van der Waals surface area contributed by atoms with Gasteiger partial charge in [-0.15, -0.1) is 11.3 Å². The Labute approximate surface area is 110 Å². The molecule has 0 saturated heterocycles. The summed E-state index contributed by atoms with van der Waals surface area (Å²) in [4.78, 5) is 1.52. The molecule has 1 aliphatic rings. The Kier molecular flexibility index (Phi) is 3.94. The molecular formula is C15H25NS. The van der Waals surface area contributed by atoms with Gasteiger partial charge in [-0.1, -0.05) is 13.8 Å². The smallest absolute Gasteiger partial charge is 0.00491 e. The molecule has 1 aromatic heterocycles. The van der Waals surface area contributed by atoms with Gasteiger partial charge < -0.3 is 5.32 Å². The molecule has 1 heterocycles. The zero-order valence-electron chi connectivity index (χ0n) is 11.5. The molecule has 2 rings (SSSR count). The highest BCUT2D eigenvalue weighted by Crippen LogP contribution is 2.47. The van der Waals surface area contributed by atoms with Crippen LogP contribution in [0.15, 0.2) is 11.4 Å². The first-order valence-corrected chi connectivity index (χ1v) is 7.60. The van der Waals surface area contributed by atoms with Crippen molar-refractivity contribution in [3.63, 3.8) is 0 Å². The second-order valence-electron chi connectivity index (χ2n) is 6.26. The summed E-state index contributed by atoms with van der Waals surface area (Å²) in [7, 11) is 2.08. The fourth-order valence-corrected chi connectivity index (χ4v) is 4.07. The van der Waals surface area contributed by atoms with E-state index in [1.807, 2.05) is 11.3 Å². The third-order valence-electron chi connectivity index (χ3n) is 4.30. The van der Waals surface area contributed by atoms with E-state index in [9.17, 15) is 0 Å². The van der Waals surface area contributed by atoms with E-state index < -0.39 is 0 Å². The molecule has 2 atom stereocenters. The summed E-state index contributed by atoms with van der Waals surface area (Å²) >= 11 is 1.90. The normalized spacial score (nSPS) is 28.2. The van der Waals surface area contributed by atoms with Crippen molar-refractivity contribution in [3.8, 4) is 0 Å². The summed E-state index contributed by atoms with van der Waals surface area (Å²) in [5.41, 5.74) is 2.13. The van der Waals surface area contributed by atoms with E-state index in [0.717, 1.165) is 18.4 Å². The minimum atomic E-state index is 0.517. The van der Waals surface area contributed by atoms with Crippen LogP contribution in [-0.4, -0.2) is 13.6 Å². The van der Waals surface area contributed by atoms with Gasteiger partial charge in [-0.2, -0.15) is 0 Å². The van der Waals surface area contributed by atoms with Gasteiger partial charge in [0.05, 0.1) is 0 Å². The molecule has 0 aromatic carbocycles. The van der Waals surface area contributed by atoms with Crippen LogP contribution in [0.2, 0.25) is 0 Å². The summed E-state index contributed by atoms with van der Waals surface area (Å²) in [6, 6.07) is 2.36. The molecule has 17 heavy (non-hydrogen) atoms. The molecule has 1 fully saturated rings. The molecule has 0 spiro atoms. The van der Waals surface area contributed by atoms with Crippen LogP contribution in [0.4, 0.5) is 0 Å². The molecule has 0 bridgehead atoms. The van der Waals surface area contributed by atoms with E-state index in [1.165, 1.54) is 24.1 Å². The Balaban J connectivity index is 2.22. The molecule has 1 N–H and O–H groups in total. The van der Waals surface area contributed by atoms with Crippen LogP contribution in [0.3, 0.4) is 0 Å². The molecule has 2 unspecified atom stereocenters. The monoisotopic (exact) mass is 251 g/mol. The average Bonchev–Trinajstić information content (AvgIpc) is 2.67. The highest BCUT2D eigenvalue weighted by Gasteiger charge is 2.35. The van der Waals surface area contributed by atoms with Crippen LogP contribution < -0.4 is 5.32 Å². The van der Waals surface area contributed by atoms with Crippen molar-refractivity contribution in [1.82, 2.24) is 5.32 Å². The van der Waals surface area contributed by atoms with Gasteiger partial charge in [-0.3, -0.25) is 0 Å². The Hall–Kier alpha value is -0.340. The van der Waals surface area contributed by atoms with Crippen molar-refractivity contribution >= 4 is 11.3 Å². The summed E-state index contributed by atoms with van der Waals surface area (Å²) in [5.74, 6) is 1.58. The number of aryl methyl sites for hydroxylation is 1. The average molecular weight is 251 g/mol. The van der Waals surface area contributed by atoms with Crippen LogP contribution in [0, 0.1) is 18.3 Å². The fourth-order valence-electron chi connectivity index (χ4n) is 3.29. The lowest BCUT2D eigenvalue weighted by atomic mass is 9.65. The quantitative estimate of drug-likeness (QED) is 0.849. The minimum absolute atomic E-state index is 0.517. The SMILES string of the molecule is CNCC1CCC(C)(C)CC1c1ccsc1C. The Morgan fingerprint density at radius 2 is 2.24 bits per heavy atom. The van der Waals surface area contributed by atoms with Crippen LogP contribution in [0.25, 0.3) is 0 Å². The van der Waals surface area contributed by atoms with Crippen molar-refractivity contribution in [2.75, 3.05) is 13.6 Å². The van der Waals surface area contributed by atoms with Crippen LogP contribution in [0.1, 0.15) is 49.5 Å². The summed E-state index contributed by atoms with van der Waals surface area (Å²) in [6.45, 7) is 8.29. The van der Waals surface area contributed by atoms with E-state index >= 15 is 0 Å². The lowest BCUT2D eigenvalue weighted by Gasteiger charge is -2.41. The first-order valence-electron chi connectivity index (χ1n) is 6.72. The zero-order chi connectivity index (χ0) is 12.5. The maximum Gasteiger partial charge on any atom is 0.00491 e. The van der Waals surface area contributed by atoms with Crippen molar-refractivity contribution in [2.45, 2.75) is 46.0 Å². The van der Waals surface area contributed by atoms with Gasteiger partial charge in [0.1, 0.15) is 0 Å². The molecule has 1 nitrogen and oxygen atoms in total. The van der Waals surface area contributed by atoms with E-state index in [0.29, 0.717) is 5.41 Å². The zero-order valence-corrected chi connectivity index (χ0v) is 12.4. The highest BCUT2D eigenvalue weighted by molar-refractivity contribution is 7.10. The first-order chi connectivity index (χ1) is 8.03. The fraction of sp³-hybridized carbons (Fsp3) is 0.733. The van der Waals surface area contributed by atoms with Gasteiger partial charge >= 0.3 is 0 Å². The Morgan fingerprint density at radius 3 is 2.82 bits per heavy atom. The van der Waals surface area contributed by atoms with E-state index in [1.54, 1.807) is 5.56 Å². The van der Waals surface area contributed by atoms with Crippen molar-refractivity contribution < 1.29 is 0 Å². The van der Waals surface area contributed by atoms with Crippen molar-refractivity contribution in [2.24, 2.45) is 11.3 Å². The van der Waals surface area contributed by atoms with Gasteiger partial charge in [-0.05, 0) is 74.0 Å². The molecule has 0 radical (unpaired) electrons. The number of hydrogen-bond acceptors (Lipinski definition) is 2. The molecule has 0 aliphatic heterocycles. The second-order valence-corrected chi connectivity index (χ2v) is 7.38. The predicted molar refractivity (Wildman–Crippen MR) is 76.8 cm³/mol. The molecule has 1 aromatic rings. The van der Waals surface area contributed by atoms with E-state index in [4.69, 9.17) is 0 Å². The number of thiophene rings is 1. The predicted octanol–water partition coefficient (Wildman–Crippen LogP) is 4.19. The largest absolute Gasteiger partial charge is 0.319 e. The van der Waals surface area contributed by atoms with Crippen molar-refractivity contribution in [1.29, 1.82) is 0 Å². The van der Waals surface area contributed by atoms with Gasteiger partial charge in [0.25, 0.3) is 0 Å². The molecule has 1 saturated carbocycles.